The smallest absolute Gasteiger partial charge is 0.251 e. The van der Waals surface area contributed by atoms with E-state index in [1.165, 1.54) is 0 Å². The van der Waals surface area contributed by atoms with Crippen molar-refractivity contribution in [1.29, 1.82) is 0 Å². The summed E-state index contributed by atoms with van der Waals surface area (Å²) in [6.45, 7) is 0.390. The molecule has 110 valence electrons. The SMILES string of the molecule is COc1cccc(C(=O)NCc2ccc3ccccc3n2)c1. The minimum absolute atomic E-state index is 0.145. The van der Waals surface area contributed by atoms with E-state index in [2.05, 4.69) is 10.3 Å². The summed E-state index contributed by atoms with van der Waals surface area (Å²) in [7, 11) is 1.58. The van der Waals surface area contributed by atoms with Gasteiger partial charge in [0.25, 0.3) is 5.91 Å². The molecule has 4 nitrogen and oxygen atoms in total. The second-order valence-corrected chi connectivity index (χ2v) is 4.91. The van der Waals surface area contributed by atoms with Crippen LogP contribution >= 0.6 is 0 Å². The largest absolute Gasteiger partial charge is 0.497 e. The minimum atomic E-state index is -0.145. The number of hydrogen-bond acceptors (Lipinski definition) is 3. The second kappa shape index (κ2) is 6.26. The van der Waals surface area contributed by atoms with Crippen molar-refractivity contribution < 1.29 is 9.53 Å². The van der Waals surface area contributed by atoms with Gasteiger partial charge in [-0.05, 0) is 30.3 Å². The first-order valence-electron chi connectivity index (χ1n) is 7.03. The number of carbonyl (C=O) groups excluding carboxylic acids is 1. The van der Waals surface area contributed by atoms with Crippen LogP contribution in [0, 0.1) is 0 Å². The molecule has 1 aromatic heterocycles. The highest BCUT2D eigenvalue weighted by Crippen LogP contribution is 2.13. The number of methoxy groups -OCH3 is 1. The summed E-state index contributed by atoms with van der Waals surface area (Å²) >= 11 is 0. The van der Waals surface area contributed by atoms with E-state index in [-0.39, 0.29) is 5.91 Å². The fourth-order valence-corrected chi connectivity index (χ4v) is 2.24. The lowest BCUT2D eigenvalue weighted by Gasteiger charge is -2.07. The number of pyridine rings is 1. The number of benzene rings is 2. The normalized spacial score (nSPS) is 10.4. The van der Waals surface area contributed by atoms with E-state index < -0.39 is 0 Å². The molecule has 0 atom stereocenters. The van der Waals surface area contributed by atoms with Gasteiger partial charge in [0.2, 0.25) is 0 Å². The standard InChI is InChI=1S/C18H16N2O2/c1-22-16-7-4-6-14(11-16)18(21)19-12-15-10-9-13-5-2-3-8-17(13)20-15/h2-11H,12H2,1H3,(H,19,21). The molecule has 0 saturated heterocycles. The third-order valence-electron chi connectivity index (χ3n) is 3.42. The van der Waals surface area contributed by atoms with Crippen molar-refractivity contribution in [3.8, 4) is 5.75 Å². The van der Waals surface area contributed by atoms with Crippen LogP contribution in [0.5, 0.6) is 5.75 Å². The van der Waals surface area contributed by atoms with E-state index in [0.717, 1.165) is 16.6 Å². The molecule has 0 radical (unpaired) electrons. The van der Waals surface area contributed by atoms with Gasteiger partial charge in [-0.15, -0.1) is 0 Å². The van der Waals surface area contributed by atoms with E-state index in [0.29, 0.717) is 17.9 Å². The lowest BCUT2D eigenvalue weighted by molar-refractivity contribution is 0.0950. The van der Waals surface area contributed by atoms with Gasteiger partial charge in [-0.2, -0.15) is 0 Å². The van der Waals surface area contributed by atoms with Crippen LogP contribution in [0.25, 0.3) is 10.9 Å². The Morgan fingerprint density at radius 1 is 1.09 bits per heavy atom. The zero-order chi connectivity index (χ0) is 15.4. The van der Waals surface area contributed by atoms with E-state index in [1.807, 2.05) is 42.5 Å². The summed E-state index contributed by atoms with van der Waals surface area (Å²) in [5.41, 5.74) is 2.32. The lowest BCUT2D eigenvalue weighted by Crippen LogP contribution is -2.23. The first-order chi connectivity index (χ1) is 10.8. The van der Waals surface area contributed by atoms with Crippen LogP contribution in [-0.2, 0) is 6.54 Å². The van der Waals surface area contributed by atoms with E-state index in [9.17, 15) is 4.79 Å². The second-order valence-electron chi connectivity index (χ2n) is 4.91. The molecule has 1 amide bonds. The number of aromatic nitrogens is 1. The van der Waals surface area contributed by atoms with Crippen molar-refractivity contribution in [3.05, 3.63) is 71.9 Å². The molecule has 0 aliphatic rings. The molecule has 4 heteroatoms. The van der Waals surface area contributed by atoms with Crippen LogP contribution in [0.3, 0.4) is 0 Å². The maximum atomic E-state index is 12.2. The van der Waals surface area contributed by atoms with Crippen LogP contribution in [-0.4, -0.2) is 18.0 Å². The van der Waals surface area contributed by atoms with Crippen molar-refractivity contribution in [1.82, 2.24) is 10.3 Å². The Labute approximate surface area is 128 Å². The summed E-state index contributed by atoms with van der Waals surface area (Å²) in [6.07, 6.45) is 0. The number of nitrogens with zero attached hydrogens (tertiary/aromatic N) is 1. The van der Waals surface area contributed by atoms with Gasteiger partial charge in [-0.25, -0.2) is 0 Å². The molecule has 1 N–H and O–H groups in total. The van der Waals surface area contributed by atoms with Crippen molar-refractivity contribution in [2.75, 3.05) is 7.11 Å². The average molecular weight is 292 g/mol. The van der Waals surface area contributed by atoms with Gasteiger partial charge in [0, 0.05) is 10.9 Å². The van der Waals surface area contributed by atoms with Gasteiger partial charge >= 0.3 is 0 Å². The number of ether oxygens (including phenoxy) is 1. The quantitative estimate of drug-likeness (QED) is 0.803. The Morgan fingerprint density at radius 2 is 1.95 bits per heavy atom. The topological polar surface area (TPSA) is 51.2 Å². The van der Waals surface area contributed by atoms with E-state index >= 15 is 0 Å². The molecule has 2 aromatic carbocycles. The first-order valence-corrected chi connectivity index (χ1v) is 7.03. The van der Waals surface area contributed by atoms with Gasteiger partial charge in [-0.3, -0.25) is 9.78 Å². The highest BCUT2D eigenvalue weighted by Gasteiger charge is 2.07. The zero-order valence-corrected chi connectivity index (χ0v) is 12.2. The summed E-state index contributed by atoms with van der Waals surface area (Å²) in [5.74, 6) is 0.519. The van der Waals surface area contributed by atoms with Crippen LogP contribution in [0.1, 0.15) is 16.1 Å². The number of para-hydroxylation sites is 1. The lowest BCUT2D eigenvalue weighted by atomic mass is 10.2. The number of carbonyl (C=O) groups is 1. The third kappa shape index (κ3) is 3.06. The number of amides is 1. The van der Waals surface area contributed by atoms with Gasteiger partial charge in [0.1, 0.15) is 5.75 Å². The molecule has 1 heterocycles. The third-order valence-corrected chi connectivity index (χ3v) is 3.42. The molecule has 3 aromatic rings. The summed E-state index contributed by atoms with van der Waals surface area (Å²) in [6, 6.07) is 18.9. The number of nitrogens with one attached hydrogen (secondary N) is 1. The predicted molar refractivity (Wildman–Crippen MR) is 85.9 cm³/mol. The fourth-order valence-electron chi connectivity index (χ4n) is 2.24. The molecule has 0 aliphatic carbocycles. The van der Waals surface area contributed by atoms with Crippen molar-refractivity contribution in [3.63, 3.8) is 0 Å². The Hall–Kier alpha value is -2.88. The van der Waals surface area contributed by atoms with Crippen LogP contribution in [0.4, 0.5) is 0 Å². The Morgan fingerprint density at radius 3 is 2.82 bits per heavy atom. The highest BCUT2D eigenvalue weighted by atomic mass is 16.5. The summed E-state index contributed by atoms with van der Waals surface area (Å²) < 4.78 is 5.12. The molecular weight excluding hydrogens is 276 g/mol. The molecule has 0 saturated carbocycles. The van der Waals surface area contributed by atoms with E-state index in [4.69, 9.17) is 4.74 Å². The molecule has 0 unspecified atom stereocenters. The highest BCUT2D eigenvalue weighted by molar-refractivity contribution is 5.94. The molecule has 3 rings (SSSR count). The fraction of sp³-hybridized carbons (Fsp3) is 0.111. The maximum absolute atomic E-state index is 12.2. The minimum Gasteiger partial charge on any atom is -0.497 e. The monoisotopic (exact) mass is 292 g/mol. The maximum Gasteiger partial charge on any atom is 0.251 e. The summed E-state index contributed by atoms with van der Waals surface area (Å²) in [5, 5.41) is 3.96. The van der Waals surface area contributed by atoms with Crippen molar-refractivity contribution in [2.45, 2.75) is 6.54 Å². The van der Waals surface area contributed by atoms with Gasteiger partial charge in [0.15, 0.2) is 0 Å². The van der Waals surface area contributed by atoms with Crippen molar-refractivity contribution >= 4 is 16.8 Å². The zero-order valence-electron chi connectivity index (χ0n) is 12.2. The Bertz CT molecular complexity index is 815. The predicted octanol–water partition coefficient (Wildman–Crippen LogP) is 3.17. The molecule has 0 spiro atoms. The Balaban J connectivity index is 1.71. The van der Waals surface area contributed by atoms with E-state index in [1.54, 1.807) is 25.3 Å². The Kier molecular flexibility index (Phi) is 4.01. The van der Waals surface area contributed by atoms with Crippen molar-refractivity contribution in [2.24, 2.45) is 0 Å². The average Bonchev–Trinajstić information content (AvgIpc) is 2.59. The van der Waals surface area contributed by atoms with Crippen LogP contribution in [0.2, 0.25) is 0 Å². The van der Waals surface area contributed by atoms with Gasteiger partial charge < -0.3 is 10.1 Å². The molecule has 22 heavy (non-hydrogen) atoms. The molecule has 0 fully saturated rings. The molecular formula is C18H16N2O2. The molecule has 0 aliphatic heterocycles. The van der Waals surface area contributed by atoms with Crippen LogP contribution in [0.15, 0.2) is 60.7 Å². The number of hydrogen-bond donors (Lipinski definition) is 1. The van der Waals surface area contributed by atoms with Crippen LogP contribution < -0.4 is 10.1 Å². The molecule has 0 bridgehead atoms. The number of rotatable bonds is 4. The number of fused-ring (bicyclic) bond motifs is 1. The first kappa shape index (κ1) is 14.1. The van der Waals surface area contributed by atoms with Gasteiger partial charge in [-0.1, -0.05) is 30.3 Å². The summed E-state index contributed by atoms with van der Waals surface area (Å²) in [4.78, 5) is 16.7. The van der Waals surface area contributed by atoms with Gasteiger partial charge in [0.05, 0.1) is 24.9 Å².